The highest BCUT2D eigenvalue weighted by atomic mass is 16.5. The molecule has 0 atom stereocenters. The van der Waals surface area contributed by atoms with Crippen molar-refractivity contribution in [3.63, 3.8) is 0 Å². The summed E-state index contributed by atoms with van der Waals surface area (Å²) >= 11 is 0. The monoisotopic (exact) mass is 741 g/mol. The molecule has 0 amide bonds. The highest BCUT2D eigenvalue weighted by Crippen LogP contribution is 2.50. The van der Waals surface area contributed by atoms with Crippen molar-refractivity contribution in [3.05, 3.63) is 138 Å². The predicted octanol–water partition coefficient (Wildman–Crippen LogP) is 13.6. The van der Waals surface area contributed by atoms with Gasteiger partial charge in [0.05, 0.1) is 22.4 Å². The van der Waals surface area contributed by atoms with Gasteiger partial charge >= 0.3 is 0 Å². The van der Waals surface area contributed by atoms with Crippen LogP contribution in [0.1, 0.15) is 104 Å². The standard InChI is InChI=1S/C50H55N5O/c1-32(2)33-26-40(49(6,7)8)46(41(27-33)50(9,10)11)54-31-53(47-43(54)20-15-24-52-47)35-16-14-17-36(29-35)56-37-21-22-39-38-18-12-13-19-42(38)55(44(39)30-37)45-28-34(23-25-51-45)48(3,4)5/h12-30,32H,31H2,1-11H3. The fourth-order valence-corrected chi connectivity index (χ4v) is 8.03. The second-order valence-electron chi connectivity index (χ2n) is 18.7. The molecule has 3 aromatic heterocycles. The minimum Gasteiger partial charge on any atom is -0.457 e. The molecule has 6 nitrogen and oxygen atoms in total. The van der Waals surface area contributed by atoms with E-state index < -0.39 is 0 Å². The van der Waals surface area contributed by atoms with Gasteiger partial charge in [-0.25, -0.2) is 9.97 Å². The van der Waals surface area contributed by atoms with Crippen LogP contribution in [0.5, 0.6) is 11.5 Å². The summed E-state index contributed by atoms with van der Waals surface area (Å²) in [6, 6.07) is 36.8. The predicted molar refractivity (Wildman–Crippen MR) is 235 cm³/mol. The molecule has 0 saturated heterocycles. The number of aromatic nitrogens is 3. The molecule has 0 aliphatic carbocycles. The van der Waals surface area contributed by atoms with Crippen LogP contribution in [0.3, 0.4) is 0 Å². The molecule has 0 spiro atoms. The zero-order valence-corrected chi connectivity index (χ0v) is 34.9. The summed E-state index contributed by atoms with van der Waals surface area (Å²) in [6.45, 7) is 25.9. The Bertz CT molecular complexity index is 2560. The van der Waals surface area contributed by atoms with Crippen molar-refractivity contribution < 1.29 is 4.74 Å². The van der Waals surface area contributed by atoms with E-state index in [-0.39, 0.29) is 16.2 Å². The fourth-order valence-electron chi connectivity index (χ4n) is 8.03. The first-order valence-electron chi connectivity index (χ1n) is 20.0. The van der Waals surface area contributed by atoms with Crippen LogP contribution in [-0.2, 0) is 16.2 Å². The Morgan fingerprint density at radius 3 is 1.98 bits per heavy atom. The van der Waals surface area contributed by atoms with Crippen LogP contribution >= 0.6 is 0 Å². The van der Waals surface area contributed by atoms with Crippen LogP contribution < -0.4 is 14.5 Å². The van der Waals surface area contributed by atoms with Crippen molar-refractivity contribution in [1.29, 1.82) is 0 Å². The first-order valence-corrected chi connectivity index (χ1v) is 20.0. The Morgan fingerprint density at radius 2 is 1.29 bits per heavy atom. The Labute approximate surface area is 332 Å². The largest absolute Gasteiger partial charge is 0.457 e. The third-order valence-corrected chi connectivity index (χ3v) is 11.1. The highest BCUT2D eigenvalue weighted by Gasteiger charge is 2.36. The van der Waals surface area contributed by atoms with E-state index in [1.54, 1.807) is 0 Å². The molecule has 286 valence electrons. The summed E-state index contributed by atoms with van der Waals surface area (Å²) < 4.78 is 8.98. The van der Waals surface area contributed by atoms with Gasteiger partial charge in [-0.2, -0.15) is 0 Å². The van der Waals surface area contributed by atoms with Crippen molar-refractivity contribution in [3.8, 4) is 17.3 Å². The molecule has 6 heteroatoms. The van der Waals surface area contributed by atoms with Crippen LogP contribution in [0.25, 0.3) is 27.6 Å². The van der Waals surface area contributed by atoms with Crippen LogP contribution in [0, 0.1) is 0 Å². The molecule has 0 N–H and O–H groups in total. The van der Waals surface area contributed by atoms with Crippen LogP contribution in [0.15, 0.2) is 116 Å². The van der Waals surface area contributed by atoms with Gasteiger partial charge in [-0.15, -0.1) is 0 Å². The average Bonchev–Trinajstić information content (AvgIpc) is 3.69. The summed E-state index contributed by atoms with van der Waals surface area (Å²) in [6.07, 6.45) is 3.82. The number of anilines is 4. The van der Waals surface area contributed by atoms with E-state index >= 15 is 0 Å². The molecular weight excluding hydrogens is 687 g/mol. The van der Waals surface area contributed by atoms with Crippen molar-refractivity contribution >= 4 is 44.7 Å². The van der Waals surface area contributed by atoms with Crippen molar-refractivity contribution in [1.82, 2.24) is 14.5 Å². The zero-order chi connectivity index (χ0) is 39.7. The SMILES string of the molecule is CC(C)c1cc(C(C)(C)C)c(N2CN(c3cccc(Oc4ccc5c6ccccc6n(-c6cc(C(C)(C)C)ccn6)c5c4)c3)c3ncccc32)c(C(C)(C)C)c1. The lowest BCUT2D eigenvalue weighted by Gasteiger charge is -2.36. The Kier molecular flexibility index (Phi) is 9.02. The average molecular weight is 742 g/mol. The smallest absolute Gasteiger partial charge is 0.158 e. The van der Waals surface area contributed by atoms with E-state index in [1.165, 1.54) is 33.3 Å². The first kappa shape index (κ1) is 37.3. The molecule has 1 aliphatic rings. The number of hydrogen-bond acceptors (Lipinski definition) is 5. The number of hydrogen-bond donors (Lipinski definition) is 0. The van der Waals surface area contributed by atoms with E-state index in [1.807, 2.05) is 18.5 Å². The number of nitrogens with zero attached hydrogens (tertiary/aromatic N) is 5. The summed E-state index contributed by atoms with van der Waals surface area (Å²) in [5.74, 6) is 3.80. The molecule has 0 saturated carbocycles. The molecule has 4 aromatic carbocycles. The maximum absolute atomic E-state index is 6.72. The Hall–Kier alpha value is -5.62. The van der Waals surface area contributed by atoms with Crippen LogP contribution in [0.2, 0.25) is 0 Å². The number of pyridine rings is 2. The van der Waals surface area contributed by atoms with Crippen molar-refractivity contribution in [2.45, 2.75) is 98.3 Å². The summed E-state index contributed by atoms with van der Waals surface area (Å²) in [7, 11) is 0. The molecule has 56 heavy (non-hydrogen) atoms. The molecule has 0 radical (unpaired) electrons. The number of fused-ring (bicyclic) bond motifs is 4. The van der Waals surface area contributed by atoms with Gasteiger partial charge in [0.1, 0.15) is 24.0 Å². The normalized spacial score (nSPS) is 13.6. The molecule has 0 fully saturated rings. The molecule has 7 aromatic rings. The topological polar surface area (TPSA) is 46.4 Å². The lowest BCUT2D eigenvalue weighted by molar-refractivity contribution is 0.483. The fraction of sp³-hybridized carbons (Fsp3) is 0.320. The molecule has 8 rings (SSSR count). The van der Waals surface area contributed by atoms with E-state index in [9.17, 15) is 0 Å². The minimum atomic E-state index is -0.0674. The highest BCUT2D eigenvalue weighted by molar-refractivity contribution is 6.09. The molecule has 0 bridgehead atoms. The number of rotatable bonds is 6. The second-order valence-corrected chi connectivity index (χ2v) is 18.7. The number of ether oxygens (including phenoxy) is 1. The van der Waals surface area contributed by atoms with Gasteiger partial charge in [0.2, 0.25) is 0 Å². The lowest BCUT2D eigenvalue weighted by Crippen LogP contribution is -2.30. The van der Waals surface area contributed by atoms with Crippen LogP contribution in [-0.4, -0.2) is 21.2 Å². The maximum Gasteiger partial charge on any atom is 0.158 e. The molecular formula is C50H55N5O. The zero-order valence-electron chi connectivity index (χ0n) is 34.9. The van der Waals surface area contributed by atoms with Crippen molar-refractivity contribution in [2.24, 2.45) is 0 Å². The van der Waals surface area contributed by atoms with Gasteiger partial charge < -0.3 is 14.5 Å². The number of benzene rings is 4. The van der Waals surface area contributed by atoms with Gasteiger partial charge in [0, 0.05) is 41.0 Å². The summed E-state index contributed by atoms with van der Waals surface area (Å²) in [5.41, 5.74) is 10.8. The minimum absolute atomic E-state index is 0.000290. The van der Waals surface area contributed by atoms with Gasteiger partial charge in [-0.05, 0) is 99.0 Å². The van der Waals surface area contributed by atoms with E-state index in [4.69, 9.17) is 14.7 Å². The first-order chi connectivity index (χ1) is 26.5. The van der Waals surface area contributed by atoms with Gasteiger partial charge in [0.25, 0.3) is 0 Å². The Balaban J connectivity index is 1.19. The second kappa shape index (κ2) is 13.5. The molecule has 1 aliphatic heterocycles. The Morgan fingerprint density at radius 1 is 0.589 bits per heavy atom. The molecule has 0 unspecified atom stereocenters. The summed E-state index contributed by atoms with van der Waals surface area (Å²) in [5, 5.41) is 2.35. The lowest BCUT2D eigenvalue weighted by atomic mass is 9.76. The van der Waals surface area contributed by atoms with Crippen molar-refractivity contribution in [2.75, 3.05) is 16.5 Å². The third-order valence-electron chi connectivity index (χ3n) is 11.1. The molecule has 4 heterocycles. The summed E-state index contributed by atoms with van der Waals surface area (Å²) in [4.78, 5) is 14.6. The quantitative estimate of drug-likeness (QED) is 0.170. The van der Waals surface area contributed by atoms with Gasteiger partial charge in [-0.3, -0.25) is 4.57 Å². The van der Waals surface area contributed by atoms with E-state index in [0.717, 1.165) is 50.9 Å². The maximum atomic E-state index is 6.72. The number of para-hydroxylation sites is 1. The van der Waals surface area contributed by atoms with E-state index in [2.05, 4.69) is 188 Å². The third kappa shape index (κ3) is 6.69. The van der Waals surface area contributed by atoms with Crippen LogP contribution in [0.4, 0.5) is 22.9 Å². The van der Waals surface area contributed by atoms with E-state index in [0.29, 0.717) is 12.6 Å². The van der Waals surface area contributed by atoms with Gasteiger partial charge in [-0.1, -0.05) is 113 Å². The van der Waals surface area contributed by atoms with Gasteiger partial charge in [0.15, 0.2) is 5.82 Å².